The van der Waals surface area contributed by atoms with Gasteiger partial charge in [-0.05, 0) is 18.6 Å². The first-order valence-corrected chi connectivity index (χ1v) is 4.26. The van der Waals surface area contributed by atoms with Crippen molar-refractivity contribution in [1.29, 1.82) is 0 Å². The molecule has 2 heterocycles. The lowest BCUT2D eigenvalue weighted by Crippen LogP contribution is -2.23. The minimum absolute atomic E-state index is 0.282. The molecule has 3 heteroatoms. The number of nitrogens with zero attached hydrogens (tertiary/aromatic N) is 1. The number of aromatic amines is 1. The van der Waals surface area contributed by atoms with Crippen LogP contribution in [0.25, 0.3) is 0 Å². The van der Waals surface area contributed by atoms with Crippen molar-refractivity contribution >= 4 is 5.91 Å². The molecule has 0 atom stereocenters. The Morgan fingerprint density at radius 1 is 1.58 bits per heavy atom. The maximum absolute atomic E-state index is 11.2. The summed E-state index contributed by atoms with van der Waals surface area (Å²) < 4.78 is 0. The highest BCUT2D eigenvalue weighted by atomic mass is 16.2. The van der Waals surface area contributed by atoms with E-state index in [9.17, 15) is 4.79 Å². The van der Waals surface area contributed by atoms with Gasteiger partial charge in [0.25, 0.3) is 0 Å². The second-order valence-corrected chi connectivity index (χ2v) is 3.11. The van der Waals surface area contributed by atoms with E-state index in [-0.39, 0.29) is 5.91 Å². The zero-order valence-corrected chi connectivity index (χ0v) is 6.92. The average molecular weight is 164 g/mol. The summed E-state index contributed by atoms with van der Waals surface area (Å²) >= 11 is 0. The van der Waals surface area contributed by atoms with E-state index in [0.717, 1.165) is 31.6 Å². The number of hydrogen-bond acceptors (Lipinski definition) is 1. The maximum atomic E-state index is 11.2. The summed E-state index contributed by atoms with van der Waals surface area (Å²) in [5.41, 5.74) is 1.12. The molecule has 1 saturated heterocycles. The van der Waals surface area contributed by atoms with E-state index < -0.39 is 0 Å². The van der Waals surface area contributed by atoms with Crippen LogP contribution in [0, 0.1) is 0 Å². The lowest BCUT2D eigenvalue weighted by Gasteiger charge is -2.13. The second-order valence-electron chi connectivity index (χ2n) is 3.11. The predicted octanol–water partition coefficient (Wildman–Crippen LogP) is 1.14. The van der Waals surface area contributed by atoms with Gasteiger partial charge in [-0.1, -0.05) is 0 Å². The summed E-state index contributed by atoms with van der Waals surface area (Å²) in [4.78, 5) is 16.2. The molecule has 0 saturated carbocycles. The number of H-pyrrole nitrogens is 1. The summed E-state index contributed by atoms with van der Waals surface area (Å²) in [7, 11) is 0. The van der Waals surface area contributed by atoms with Crippen LogP contribution < -0.4 is 0 Å². The number of carbonyl (C=O) groups excluding carboxylic acids is 1. The summed E-state index contributed by atoms with van der Waals surface area (Å²) in [6, 6.07) is 3.96. The molecule has 0 aliphatic carbocycles. The van der Waals surface area contributed by atoms with Gasteiger partial charge >= 0.3 is 0 Å². The first kappa shape index (κ1) is 7.40. The lowest BCUT2D eigenvalue weighted by molar-refractivity contribution is -0.128. The number of rotatable bonds is 2. The fraction of sp³-hybridized carbons (Fsp3) is 0.444. The molecule has 12 heavy (non-hydrogen) atoms. The van der Waals surface area contributed by atoms with Gasteiger partial charge in [-0.3, -0.25) is 4.79 Å². The topological polar surface area (TPSA) is 36.1 Å². The van der Waals surface area contributed by atoms with Gasteiger partial charge in [0.15, 0.2) is 0 Å². The van der Waals surface area contributed by atoms with Crippen molar-refractivity contribution in [1.82, 2.24) is 9.88 Å². The Kier molecular flexibility index (Phi) is 1.86. The third-order valence-corrected chi connectivity index (χ3v) is 2.19. The molecular weight excluding hydrogens is 152 g/mol. The molecule has 1 amide bonds. The predicted molar refractivity (Wildman–Crippen MR) is 45.4 cm³/mol. The highest BCUT2D eigenvalue weighted by Gasteiger charge is 2.19. The molecule has 1 aliphatic heterocycles. The highest BCUT2D eigenvalue weighted by Crippen LogP contribution is 2.12. The summed E-state index contributed by atoms with van der Waals surface area (Å²) in [5.74, 6) is 0.282. The van der Waals surface area contributed by atoms with Crippen molar-refractivity contribution in [2.24, 2.45) is 0 Å². The summed E-state index contributed by atoms with van der Waals surface area (Å²) in [6.45, 7) is 1.66. The van der Waals surface area contributed by atoms with Crippen molar-refractivity contribution in [3.05, 3.63) is 24.0 Å². The Labute approximate surface area is 71.4 Å². The standard InChI is InChI=1S/C9H12N2O/c12-9-4-2-6-11(9)7-8-3-1-5-10-8/h1,3,5,10H,2,4,6-7H2. The second kappa shape index (κ2) is 3.01. The Balaban J connectivity index is 1.99. The van der Waals surface area contributed by atoms with Crippen LogP contribution in [0.1, 0.15) is 18.5 Å². The molecule has 0 aromatic carbocycles. The average Bonchev–Trinajstić information content (AvgIpc) is 2.65. The molecule has 0 unspecified atom stereocenters. The molecule has 3 nitrogen and oxygen atoms in total. The Morgan fingerprint density at radius 2 is 2.50 bits per heavy atom. The summed E-state index contributed by atoms with van der Waals surface area (Å²) in [6.07, 6.45) is 3.62. The van der Waals surface area contributed by atoms with Gasteiger partial charge < -0.3 is 9.88 Å². The number of amides is 1. The van der Waals surface area contributed by atoms with Crippen molar-refractivity contribution in [3.63, 3.8) is 0 Å². The molecule has 1 aliphatic rings. The highest BCUT2D eigenvalue weighted by molar-refractivity contribution is 5.77. The van der Waals surface area contributed by atoms with Crippen LogP contribution in [0.5, 0.6) is 0 Å². The first-order valence-electron chi connectivity index (χ1n) is 4.26. The third-order valence-electron chi connectivity index (χ3n) is 2.19. The molecule has 1 N–H and O–H groups in total. The van der Waals surface area contributed by atoms with Gasteiger partial charge in [-0.15, -0.1) is 0 Å². The van der Waals surface area contributed by atoms with E-state index in [0.29, 0.717) is 0 Å². The van der Waals surface area contributed by atoms with Crippen molar-refractivity contribution in [2.75, 3.05) is 6.54 Å². The monoisotopic (exact) mass is 164 g/mol. The smallest absolute Gasteiger partial charge is 0.222 e. The number of hydrogen-bond donors (Lipinski definition) is 1. The third kappa shape index (κ3) is 1.35. The molecule has 0 spiro atoms. The van der Waals surface area contributed by atoms with E-state index in [4.69, 9.17) is 0 Å². The van der Waals surface area contributed by atoms with Gasteiger partial charge in [-0.25, -0.2) is 0 Å². The van der Waals surface area contributed by atoms with Gasteiger partial charge in [-0.2, -0.15) is 0 Å². The normalized spacial score (nSPS) is 17.3. The van der Waals surface area contributed by atoms with Gasteiger partial charge in [0.1, 0.15) is 0 Å². The molecule has 2 rings (SSSR count). The minimum Gasteiger partial charge on any atom is -0.364 e. The van der Waals surface area contributed by atoms with E-state index >= 15 is 0 Å². The molecule has 64 valence electrons. The van der Waals surface area contributed by atoms with Crippen LogP contribution in [0.4, 0.5) is 0 Å². The zero-order valence-electron chi connectivity index (χ0n) is 6.92. The fourth-order valence-electron chi connectivity index (χ4n) is 1.54. The SMILES string of the molecule is O=C1CCCN1Cc1ccc[nH]1. The van der Waals surface area contributed by atoms with Gasteiger partial charge in [0.2, 0.25) is 5.91 Å². The van der Waals surface area contributed by atoms with E-state index in [1.54, 1.807) is 0 Å². The van der Waals surface area contributed by atoms with E-state index in [1.165, 1.54) is 0 Å². The Bertz CT molecular complexity index is 266. The maximum Gasteiger partial charge on any atom is 0.222 e. The van der Waals surface area contributed by atoms with E-state index in [1.807, 2.05) is 23.2 Å². The quantitative estimate of drug-likeness (QED) is 0.699. The molecule has 0 radical (unpaired) electrons. The first-order chi connectivity index (χ1) is 5.86. The van der Waals surface area contributed by atoms with Crippen LogP contribution in [-0.4, -0.2) is 22.3 Å². The minimum atomic E-state index is 0.282. The van der Waals surface area contributed by atoms with Crippen molar-refractivity contribution < 1.29 is 4.79 Å². The largest absolute Gasteiger partial charge is 0.364 e. The molecule has 1 aromatic rings. The molecule has 0 bridgehead atoms. The number of carbonyl (C=O) groups is 1. The molecule has 1 fully saturated rings. The number of likely N-dealkylation sites (tertiary alicyclic amines) is 1. The van der Waals surface area contributed by atoms with Crippen LogP contribution in [0.15, 0.2) is 18.3 Å². The van der Waals surface area contributed by atoms with E-state index in [2.05, 4.69) is 4.98 Å². The fourth-order valence-corrected chi connectivity index (χ4v) is 1.54. The number of nitrogens with one attached hydrogen (secondary N) is 1. The molecular formula is C9H12N2O. The van der Waals surface area contributed by atoms with Crippen LogP contribution in [-0.2, 0) is 11.3 Å². The van der Waals surface area contributed by atoms with Crippen LogP contribution in [0.2, 0.25) is 0 Å². The van der Waals surface area contributed by atoms with Crippen LogP contribution in [0.3, 0.4) is 0 Å². The van der Waals surface area contributed by atoms with Gasteiger partial charge in [0, 0.05) is 24.9 Å². The van der Waals surface area contributed by atoms with Crippen molar-refractivity contribution in [3.8, 4) is 0 Å². The Hall–Kier alpha value is -1.25. The summed E-state index contributed by atoms with van der Waals surface area (Å²) in [5, 5.41) is 0. The zero-order chi connectivity index (χ0) is 8.39. The molecule has 1 aromatic heterocycles. The Morgan fingerprint density at radius 3 is 3.08 bits per heavy atom. The lowest BCUT2D eigenvalue weighted by atomic mass is 10.4. The van der Waals surface area contributed by atoms with Crippen LogP contribution >= 0.6 is 0 Å². The number of aromatic nitrogens is 1. The van der Waals surface area contributed by atoms with Crippen molar-refractivity contribution in [2.45, 2.75) is 19.4 Å². The van der Waals surface area contributed by atoms with Gasteiger partial charge in [0.05, 0.1) is 6.54 Å².